The van der Waals surface area contributed by atoms with Gasteiger partial charge in [-0.05, 0) is 61.5 Å². The number of benzene rings is 2. The Morgan fingerprint density at radius 2 is 1.77 bits per heavy atom. The second-order valence-electron chi connectivity index (χ2n) is 7.56. The lowest BCUT2D eigenvalue weighted by atomic mass is 10.0. The zero-order chi connectivity index (χ0) is 22.1. The Hall–Kier alpha value is -3.10. The fourth-order valence-electron chi connectivity index (χ4n) is 3.77. The van der Waals surface area contributed by atoms with Gasteiger partial charge in [0.1, 0.15) is 11.4 Å². The minimum atomic E-state index is -0.603. The number of thiocarbonyl (C=S) groups is 1. The molecule has 0 saturated carbocycles. The van der Waals surface area contributed by atoms with Crippen molar-refractivity contribution < 1.29 is 18.7 Å². The molecule has 6 nitrogen and oxygen atoms in total. The molecule has 2 saturated heterocycles. The topological polar surface area (TPSA) is 61.9 Å². The number of amides is 2. The number of ether oxygens (including phenoxy) is 1. The Bertz CT molecular complexity index is 1110. The number of morpholine rings is 1. The third kappa shape index (κ3) is 4.22. The molecule has 2 aliphatic rings. The molecule has 4 rings (SSSR count). The number of nitrogens with one attached hydrogen (secondary N) is 1. The molecule has 31 heavy (non-hydrogen) atoms. The lowest BCUT2D eigenvalue weighted by molar-refractivity contribution is -0.122. The molecule has 2 aromatic carbocycles. The Morgan fingerprint density at radius 1 is 1.06 bits per heavy atom. The van der Waals surface area contributed by atoms with Gasteiger partial charge in [-0.15, -0.1) is 0 Å². The van der Waals surface area contributed by atoms with Crippen LogP contribution in [0.4, 0.5) is 15.8 Å². The first-order chi connectivity index (χ1) is 14.8. The predicted octanol–water partition coefficient (Wildman–Crippen LogP) is 3.11. The fraction of sp³-hybridized carbons (Fsp3) is 0.261. The van der Waals surface area contributed by atoms with E-state index in [4.69, 9.17) is 17.0 Å². The minimum absolute atomic E-state index is 0.0212. The summed E-state index contributed by atoms with van der Waals surface area (Å²) < 4.78 is 20.1. The van der Waals surface area contributed by atoms with E-state index in [0.29, 0.717) is 43.2 Å². The van der Waals surface area contributed by atoms with Gasteiger partial charge in [0.05, 0.1) is 24.6 Å². The molecule has 2 aliphatic heterocycles. The van der Waals surface area contributed by atoms with Gasteiger partial charge in [-0.3, -0.25) is 19.8 Å². The van der Waals surface area contributed by atoms with E-state index < -0.39 is 17.6 Å². The van der Waals surface area contributed by atoms with Crippen LogP contribution >= 0.6 is 12.2 Å². The Labute approximate surface area is 185 Å². The summed E-state index contributed by atoms with van der Waals surface area (Å²) in [5.74, 6) is -1.56. The van der Waals surface area contributed by atoms with Crippen LogP contribution in [0.3, 0.4) is 0 Å². The highest BCUT2D eigenvalue weighted by Crippen LogP contribution is 2.27. The van der Waals surface area contributed by atoms with Gasteiger partial charge in [0.2, 0.25) is 0 Å². The van der Waals surface area contributed by atoms with E-state index in [9.17, 15) is 14.0 Å². The highest BCUT2D eigenvalue weighted by molar-refractivity contribution is 7.80. The maximum absolute atomic E-state index is 14.7. The zero-order valence-electron chi connectivity index (χ0n) is 17.3. The molecular formula is C23H22FN3O3S. The average Bonchev–Trinajstić information content (AvgIpc) is 2.73. The third-order valence-corrected chi connectivity index (χ3v) is 5.61. The maximum atomic E-state index is 14.7. The molecule has 8 heteroatoms. The number of carbonyl (C=O) groups excluding carboxylic acids is 2. The molecule has 2 heterocycles. The summed E-state index contributed by atoms with van der Waals surface area (Å²) in [5, 5.41) is 2.58. The fourth-order valence-corrected chi connectivity index (χ4v) is 4.05. The number of hydrogen-bond donors (Lipinski definition) is 1. The monoisotopic (exact) mass is 439 g/mol. The molecule has 160 valence electrons. The number of hydrogen-bond acceptors (Lipinski definition) is 5. The van der Waals surface area contributed by atoms with Gasteiger partial charge < -0.3 is 9.64 Å². The molecule has 0 spiro atoms. The number of aryl methyl sites for hydroxylation is 2. The van der Waals surface area contributed by atoms with Gasteiger partial charge >= 0.3 is 0 Å². The summed E-state index contributed by atoms with van der Waals surface area (Å²) in [6, 6.07) is 10.3. The Balaban J connectivity index is 1.66. The van der Waals surface area contributed by atoms with Gasteiger partial charge in [-0.2, -0.15) is 0 Å². The van der Waals surface area contributed by atoms with Crippen molar-refractivity contribution in [2.75, 3.05) is 36.1 Å². The highest BCUT2D eigenvalue weighted by atomic mass is 32.1. The quantitative estimate of drug-likeness (QED) is 0.452. The molecular weight excluding hydrogens is 417 g/mol. The van der Waals surface area contributed by atoms with Crippen molar-refractivity contribution in [1.29, 1.82) is 0 Å². The normalized spacial score (nSPS) is 18.5. The van der Waals surface area contributed by atoms with E-state index in [0.717, 1.165) is 11.1 Å². The number of carbonyl (C=O) groups is 2. The largest absolute Gasteiger partial charge is 0.378 e. The van der Waals surface area contributed by atoms with Crippen LogP contribution in [0.25, 0.3) is 6.08 Å². The van der Waals surface area contributed by atoms with Crippen LogP contribution in [0.15, 0.2) is 42.0 Å². The van der Waals surface area contributed by atoms with Gasteiger partial charge in [0, 0.05) is 13.1 Å². The second kappa shape index (κ2) is 8.56. The van der Waals surface area contributed by atoms with Crippen molar-refractivity contribution in [2.24, 2.45) is 0 Å². The first kappa shape index (κ1) is 21.1. The van der Waals surface area contributed by atoms with Crippen molar-refractivity contribution >= 4 is 46.6 Å². The number of rotatable bonds is 3. The van der Waals surface area contributed by atoms with Crippen molar-refractivity contribution in [3.63, 3.8) is 0 Å². The summed E-state index contributed by atoms with van der Waals surface area (Å²) in [6.45, 7) is 6.15. The van der Waals surface area contributed by atoms with Gasteiger partial charge in [-0.25, -0.2) is 4.39 Å². The van der Waals surface area contributed by atoms with Crippen LogP contribution in [0.2, 0.25) is 0 Å². The maximum Gasteiger partial charge on any atom is 0.270 e. The van der Waals surface area contributed by atoms with Gasteiger partial charge in [-0.1, -0.05) is 23.8 Å². The van der Waals surface area contributed by atoms with E-state index in [1.54, 1.807) is 18.2 Å². The summed E-state index contributed by atoms with van der Waals surface area (Å²) in [4.78, 5) is 28.9. The number of halogens is 1. The SMILES string of the molecule is Cc1ccc(N2C(=O)/C(=C/c3ccc(N4CCOCC4)c(F)c3)C(=O)NC2=S)c(C)c1. The Kier molecular flexibility index (Phi) is 5.84. The molecule has 2 aromatic rings. The molecule has 0 aliphatic carbocycles. The molecule has 0 bridgehead atoms. The van der Waals surface area contributed by atoms with Crippen LogP contribution in [0.1, 0.15) is 16.7 Å². The van der Waals surface area contributed by atoms with Crippen molar-refractivity contribution in [2.45, 2.75) is 13.8 Å². The molecule has 0 unspecified atom stereocenters. The van der Waals surface area contributed by atoms with Crippen molar-refractivity contribution in [1.82, 2.24) is 5.32 Å². The van der Waals surface area contributed by atoms with Crippen LogP contribution < -0.4 is 15.1 Å². The van der Waals surface area contributed by atoms with Crippen molar-refractivity contribution in [3.8, 4) is 0 Å². The lowest BCUT2D eigenvalue weighted by Gasteiger charge is -2.30. The highest BCUT2D eigenvalue weighted by Gasteiger charge is 2.35. The van der Waals surface area contributed by atoms with E-state index in [1.165, 1.54) is 17.0 Å². The van der Waals surface area contributed by atoms with Gasteiger partial charge in [0.15, 0.2) is 5.11 Å². The predicted molar refractivity (Wildman–Crippen MR) is 122 cm³/mol. The summed E-state index contributed by atoms with van der Waals surface area (Å²) in [5.41, 5.74) is 3.29. The van der Waals surface area contributed by atoms with E-state index in [-0.39, 0.29) is 10.7 Å². The van der Waals surface area contributed by atoms with Crippen LogP contribution in [-0.2, 0) is 14.3 Å². The van der Waals surface area contributed by atoms with E-state index >= 15 is 0 Å². The minimum Gasteiger partial charge on any atom is -0.378 e. The molecule has 0 atom stereocenters. The average molecular weight is 440 g/mol. The molecule has 2 amide bonds. The molecule has 0 radical (unpaired) electrons. The standard InChI is InChI=1S/C23H22FN3O3S/c1-14-3-5-19(15(2)11-14)27-22(29)17(21(28)25-23(27)31)12-16-4-6-20(18(24)13-16)26-7-9-30-10-8-26/h3-6,11-13H,7-10H2,1-2H3,(H,25,28,31)/b17-12+. The lowest BCUT2D eigenvalue weighted by Crippen LogP contribution is -2.54. The molecule has 0 aromatic heterocycles. The summed E-state index contributed by atoms with van der Waals surface area (Å²) in [7, 11) is 0. The second-order valence-corrected chi connectivity index (χ2v) is 7.94. The smallest absolute Gasteiger partial charge is 0.270 e. The first-order valence-corrected chi connectivity index (χ1v) is 10.4. The summed E-state index contributed by atoms with van der Waals surface area (Å²) in [6.07, 6.45) is 1.39. The van der Waals surface area contributed by atoms with Crippen molar-refractivity contribution in [3.05, 3.63) is 64.5 Å². The summed E-state index contributed by atoms with van der Waals surface area (Å²) >= 11 is 5.25. The van der Waals surface area contributed by atoms with Crippen LogP contribution in [-0.4, -0.2) is 43.2 Å². The zero-order valence-corrected chi connectivity index (χ0v) is 18.1. The number of nitrogens with zero attached hydrogens (tertiary/aromatic N) is 2. The third-order valence-electron chi connectivity index (χ3n) is 5.33. The molecule has 1 N–H and O–H groups in total. The molecule has 2 fully saturated rings. The van der Waals surface area contributed by atoms with Gasteiger partial charge in [0.25, 0.3) is 11.8 Å². The van der Waals surface area contributed by atoms with E-state index in [2.05, 4.69) is 5.32 Å². The number of anilines is 2. The Morgan fingerprint density at radius 3 is 2.45 bits per heavy atom. The van der Waals surface area contributed by atoms with Crippen LogP contribution in [0.5, 0.6) is 0 Å². The first-order valence-electron chi connectivity index (χ1n) is 9.96. The van der Waals surface area contributed by atoms with Crippen LogP contribution in [0, 0.1) is 19.7 Å². The van der Waals surface area contributed by atoms with E-state index in [1.807, 2.05) is 30.9 Å².